The second-order valence-corrected chi connectivity index (χ2v) is 4.95. The number of halogens is 2. The third-order valence-electron chi connectivity index (χ3n) is 2.47. The van der Waals surface area contributed by atoms with E-state index >= 15 is 0 Å². The van der Waals surface area contributed by atoms with Crippen molar-refractivity contribution in [2.24, 2.45) is 12.9 Å². The smallest absolute Gasteiger partial charge is 0.0900 e. The Morgan fingerprint density at radius 1 is 1.47 bits per heavy atom. The predicted octanol–water partition coefficient (Wildman–Crippen LogP) is 2.39. The molecule has 1 aromatic carbocycles. The predicted molar refractivity (Wildman–Crippen MR) is 71.5 cm³/mol. The van der Waals surface area contributed by atoms with Crippen molar-refractivity contribution in [2.75, 3.05) is 0 Å². The van der Waals surface area contributed by atoms with E-state index in [-0.39, 0.29) is 6.04 Å². The van der Waals surface area contributed by atoms with Gasteiger partial charge in [0.2, 0.25) is 0 Å². The normalized spacial score (nSPS) is 12.7. The molecule has 0 aliphatic heterocycles. The second-order valence-electron chi connectivity index (χ2n) is 3.69. The summed E-state index contributed by atoms with van der Waals surface area (Å²) >= 11 is 9.42. The van der Waals surface area contributed by atoms with Gasteiger partial charge < -0.3 is 0 Å². The highest BCUT2D eigenvalue weighted by Gasteiger charge is 2.15. The van der Waals surface area contributed by atoms with Crippen LogP contribution in [0.5, 0.6) is 0 Å². The van der Waals surface area contributed by atoms with E-state index in [1.54, 1.807) is 4.68 Å². The van der Waals surface area contributed by atoms with Crippen LogP contribution in [-0.4, -0.2) is 9.78 Å². The lowest BCUT2D eigenvalue weighted by Crippen LogP contribution is -2.29. The van der Waals surface area contributed by atoms with Crippen molar-refractivity contribution in [1.82, 2.24) is 15.2 Å². The molecule has 90 valence electrons. The van der Waals surface area contributed by atoms with Gasteiger partial charge in [0, 0.05) is 17.7 Å². The van der Waals surface area contributed by atoms with Gasteiger partial charge in [0.15, 0.2) is 0 Å². The van der Waals surface area contributed by atoms with E-state index < -0.39 is 0 Å². The van der Waals surface area contributed by atoms with Crippen molar-refractivity contribution >= 4 is 27.5 Å². The maximum absolute atomic E-state index is 6.07. The van der Waals surface area contributed by atoms with E-state index in [1.807, 2.05) is 37.5 Å². The van der Waals surface area contributed by atoms with Crippen LogP contribution in [-0.2, 0) is 7.05 Å². The van der Waals surface area contributed by atoms with Crippen LogP contribution in [0.15, 0.2) is 34.9 Å². The number of hydrazine groups is 1. The number of rotatable bonds is 3. The lowest BCUT2D eigenvalue weighted by molar-refractivity contribution is 0.603. The van der Waals surface area contributed by atoms with Crippen LogP contribution >= 0.6 is 27.5 Å². The molecule has 0 fully saturated rings. The number of hydrogen-bond acceptors (Lipinski definition) is 3. The number of aryl methyl sites for hydroxylation is 1. The largest absolute Gasteiger partial charge is 0.275 e. The quantitative estimate of drug-likeness (QED) is 0.675. The lowest BCUT2D eigenvalue weighted by Gasteiger charge is -2.14. The first-order valence-electron chi connectivity index (χ1n) is 5.02. The molecule has 1 heterocycles. The molecule has 1 aromatic heterocycles. The van der Waals surface area contributed by atoms with Gasteiger partial charge in [0.05, 0.1) is 16.8 Å². The van der Waals surface area contributed by atoms with Crippen molar-refractivity contribution < 1.29 is 0 Å². The zero-order valence-electron chi connectivity index (χ0n) is 9.19. The van der Waals surface area contributed by atoms with Crippen molar-refractivity contribution in [2.45, 2.75) is 6.04 Å². The number of nitrogens with two attached hydrogens (primary N) is 1. The summed E-state index contributed by atoms with van der Waals surface area (Å²) < 4.78 is 2.60. The van der Waals surface area contributed by atoms with Gasteiger partial charge in [-0.15, -0.1) is 0 Å². The number of aromatic nitrogens is 2. The Morgan fingerprint density at radius 2 is 2.24 bits per heavy atom. The van der Waals surface area contributed by atoms with Crippen LogP contribution in [0.25, 0.3) is 0 Å². The van der Waals surface area contributed by atoms with Crippen molar-refractivity contribution in [3.05, 3.63) is 51.2 Å². The highest BCUT2D eigenvalue weighted by molar-refractivity contribution is 9.10. The summed E-state index contributed by atoms with van der Waals surface area (Å²) in [5.74, 6) is 5.58. The van der Waals surface area contributed by atoms with Gasteiger partial charge in [-0.2, -0.15) is 5.10 Å². The molecule has 0 saturated carbocycles. The molecule has 0 aliphatic carbocycles. The Labute approximate surface area is 113 Å². The molecule has 0 radical (unpaired) electrons. The van der Waals surface area contributed by atoms with Crippen LogP contribution in [0.4, 0.5) is 0 Å². The molecule has 1 unspecified atom stereocenters. The van der Waals surface area contributed by atoms with Gasteiger partial charge in [-0.3, -0.25) is 10.5 Å². The summed E-state index contributed by atoms with van der Waals surface area (Å²) in [6.45, 7) is 0. The first-order chi connectivity index (χ1) is 8.11. The van der Waals surface area contributed by atoms with E-state index in [9.17, 15) is 0 Å². The molecule has 2 aromatic rings. The van der Waals surface area contributed by atoms with Gasteiger partial charge in [0.25, 0.3) is 0 Å². The van der Waals surface area contributed by atoms with Gasteiger partial charge in [-0.05, 0) is 39.7 Å². The number of hydrogen-bond donors (Lipinski definition) is 2. The van der Waals surface area contributed by atoms with E-state index in [0.717, 1.165) is 15.7 Å². The molecule has 3 N–H and O–H groups in total. The maximum Gasteiger partial charge on any atom is 0.0900 e. The van der Waals surface area contributed by atoms with Crippen LogP contribution in [0.2, 0.25) is 5.02 Å². The van der Waals surface area contributed by atoms with Crippen LogP contribution in [0, 0.1) is 0 Å². The van der Waals surface area contributed by atoms with Crippen LogP contribution in [0.3, 0.4) is 0 Å². The van der Waals surface area contributed by atoms with E-state index in [2.05, 4.69) is 26.5 Å². The number of nitrogens with zero attached hydrogens (tertiary/aromatic N) is 2. The molecule has 0 aliphatic rings. The number of benzene rings is 1. The molecular weight excluding hydrogens is 304 g/mol. The zero-order chi connectivity index (χ0) is 12.4. The molecule has 17 heavy (non-hydrogen) atoms. The SMILES string of the molecule is Cn1ccc(C(NN)c2ccc(Br)c(Cl)c2)n1. The first kappa shape index (κ1) is 12.6. The number of nitrogens with one attached hydrogen (secondary N) is 1. The first-order valence-corrected chi connectivity index (χ1v) is 6.19. The third-order valence-corrected chi connectivity index (χ3v) is 3.71. The summed E-state index contributed by atoms with van der Waals surface area (Å²) in [6, 6.07) is 7.47. The van der Waals surface area contributed by atoms with Gasteiger partial charge >= 0.3 is 0 Å². The molecule has 0 amide bonds. The molecule has 0 saturated heterocycles. The molecule has 4 nitrogen and oxygen atoms in total. The Balaban J connectivity index is 2.38. The van der Waals surface area contributed by atoms with E-state index in [4.69, 9.17) is 17.4 Å². The minimum atomic E-state index is -0.165. The fourth-order valence-electron chi connectivity index (χ4n) is 1.63. The molecule has 1 atom stereocenters. The molecule has 2 rings (SSSR count). The summed E-state index contributed by atoms with van der Waals surface area (Å²) in [5, 5.41) is 4.98. The summed E-state index contributed by atoms with van der Waals surface area (Å²) in [6.07, 6.45) is 1.88. The summed E-state index contributed by atoms with van der Waals surface area (Å²) in [4.78, 5) is 0. The minimum Gasteiger partial charge on any atom is -0.275 e. The third kappa shape index (κ3) is 2.69. The van der Waals surface area contributed by atoms with Crippen molar-refractivity contribution in [3.8, 4) is 0 Å². The summed E-state index contributed by atoms with van der Waals surface area (Å²) in [5.41, 5.74) is 4.57. The molecular formula is C11H12BrClN4. The van der Waals surface area contributed by atoms with Gasteiger partial charge in [-0.1, -0.05) is 17.7 Å². The molecule has 6 heteroatoms. The van der Waals surface area contributed by atoms with Crippen LogP contribution < -0.4 is 11.3 Å². The Kier molecular flexibility index (Phi) is 3.83. The van der Waals surface area contributed by atoms with Gasteiger partial charge in [-0.25, -0.2) is 5.43 Å². The Morgan fingerprint density at radius 3 is 2.76 bits per heavy atom. The van der Waals surface area contributed by atoms with Gasteiger partial charge in [0.1, 0.15) is 0 Å². The van der Waals surface area contributed by atoms with Crippen molar-refractivity contribution in [3.63, 3.8) is 0 Å². The fourth-order valence-corrected chi connectivity index (χ4v) is 2.07. The maximum atomic E-state index is 6.07. The zero-order valence-corrected chi connectivity index (χ0v) is 11.5. The second kappa shape index (κ2) is 5.18. The molecule has 0 bridgehead atoms. The Bertz CT molecular complexity index is 526. The topological polar surface area (TPSA) is 55.9 Å². The Hall–Kier alpha value is -0.880. The van der Waals surface area contributed by atoms with Crippen LogP contribution in [0.1, 0.15) is 17.3 Å². The van der Waals surface area contributed by atoms with Crippen molar-refractivity contribution in [1.29, 1.82) is 0 Å². The minimum absolute atomic E-state index is 0.165. The molecule has 0 spiro atoms. The van der Waals surface area contributed by atoms with E-state index in [1.165, 1.54) is 0 Å². The monoisotopic (exact) mass is 314 g/mol. The summed E-state index contributed by atoms with van der Waals surface area (Å²) in [7, 11) is 1.87. The lowest BCUT2D eigenvalue weighted by atomic mass is 10.0. The average molecular weight is 316 g/mol. The van der Waals surface area contributed by atoms with E-state index in [0.29, 0.717) is 5.02 Å². The standard InChI is InChI=1S/C11H12BrClN4/c1-17-5-4-10(16-17)11(15-14)7-2-3-8(12)9(13)6-7/h2-6,11,15H,14H2,1H3. The highest BCUT2D eigenvalue weighted by atomic mass is 79.9. The average Bonchev–Trinajstić information content (AvgIpc) is 2.71. The highest BCUT2D eigenvalue weighted by Crippen LogP contribution is 2.28. The fraction of sp³-hybridized carbons (Fsp3) is 0.182.